The van der Waals surface area contributed by atoms with Crippen LogP contribution in [0.15, 0.2) is 382 Å². The van der Waals surface area contributed by atoms with Crippen molar-refractivity contribution in [2.75, 3.05) is 0 Å². The van der Waals surface area contributed by atoms with Crippen molar-refractivity contribution in [3.05, 3.63) is 416 Å². The molecule has 24 aromatic rings. The second-order valence-corrected chi connectivity index (χ2v) is 49.2. The molecule has 12 bridgehead atoms. The number of thiophene rings is 3. The highest BCUT2D eigenvalue weighted by molar-refractivity contribution is 7.26. The fourth-order valence-electron chi connectivity index (χ4n) is 35.2. The predicted octanol–water partition coefficient (Wildman–Crippen LogP) is 37.6. The summed E-state index contributed by atoms with van der Waals surface area (Å²) in [7, 11) is 0. The summed E-state index contributed by atoms with van der Waals surface area (Å²) in [5, 5.41) is 16.1. The zero-order valence-corrected chi connectivity index (χ0v) is 82.9. The van der Waals surface area contributed by atoms with Gasteiger partial charge in [-0.3, -0.25) is 0 Å². The Labute approximate surface area is 849 Å². The molecular formula is C138H105N3S3. The molecule has 0 unspecified atom stereocenters. The molecule has 6 heterocycles. The molecule has 12 saturated carbocycles. The monoisotopic (exact) mass is 1900 g/mol. The Bertz CT molecular complexity index is 9610. The van der Waals surface area contributed by atoms with Gasteiger partial charge in [-0.2, -0.15) is 0 Å². The number of aromatic nitrogens is 3. The van der Waals surface area contributed by atoms with Crippen molar-refractivity contribution >= 4 is 160 Å². The molecule has 144 heavy (non-hydrogen) atoms. The van der Waals surface area contributed by atoms with Crippen LogP contribution in [0.4, 0.5) is 0 Å². The van der Waals surface area contributed by atoms with Crippen molar-refractivity contribution in [1.82, 2.24) is 13.7 Å². The van der Waals surface area contributed by atoms with Gasteiger partial charge in [-0.05, 0) is 389 Å². The van der Waals surface area contributed by atoms with Gasteiger partial charge in [-0.25, -0.2) is 0 Å². The first-order valence-electron chi connectivity index (χ1n) is 53.8. The zero-order chi connectivity index (χ0) is 93.4. The van der Waals surface area contributed by atoms with Crippen LogP contribution < -0.4 is 0 Å². The van der Waals surface area contributed by atoms with Crippen LogP contribution in [0, 0.1) is 71.0 Å². The first-order chi connectivity index (χ1) is 71.3. The number of hydrogen-bond acceptors (Lipinski definition) is 3. The topological polar surface area (TPSA) is 14.8 Å². The summed E-state index contributed by atoms with van der Waals surface area (Å²) in [6, 6.07) is 147. The Morgan fingerprint density at radius 2 is 0.458 bits per heavy atom. The lowest BCUT2D eigenvalue weighted by atomic mass is 9.43. The summed E-state index contributed by atoms with van der Waals surface area (Å²) < 4.78 is 15.7. The van der Waals surface area contributed by atoms with Gasteiger partial charge in [0.1, 0.15) is 0 Å². The number of fused-ring (bicyclic) bond motifs is 27. The number of nitrogens with zero attached hydrogens (tertiary/aromatic N) is 3. The van der Waals surface area contributed by atoms with Gasteiger partial charge in [0.05, 0.1) is 33.1 Å². The SMILES string of the molecule is c1ccc2c(c1)-c1cc(-n3c4ccccc4c4c(-c5ccc6c(c5)sc5ccccc56)cccc43)ccc1C21C2CC3CC(C2)CC1C3.c1ccc2c(c1)-c1cc(-n3c4ccccc4c4c(-c5ccc6sc7ccccc7c6c5)cccc43)ccc1C21C2CC3CC(C2)CC1C3.c1ccc2c(c1)-c1cc(-n3c4ccccc4c4cc(-c5cccc6sc7ccccc7c56)ccc43)ccc1C21C2CC3CC(C2)CC1C3. The quantitative estimate of drug-likeness (QED) is 0.158. The zero-order valence-electron chi connectivity index (χ0n) is 80.5. The van der Waals surface area contributed by atoms with Gasteiger partial charge in [0.25, 0.3) is 0 Å². The molecule has 0 aliphatic heterocycles. The largest absolute Gasteiger partial charge is 0.309 e. The Hall–Kier alpha value is -14.0. The third-order valence-electron chi connectivity index (χ3n) is 39.5. The van der Waals surface area contributed by atoms with Gasteiger partial charge in [-0.15, -0.1) is 34.0 Å². The molecule has 15 aliphatic rings. The van der Waals surface area contributed by atoms with Crippen LogP contribution in [0.25, 0.3) is 210 Å². The van der Waals surface area contributed by atoms with E-state index in [1.54, 1.807) is 33.4 Å². The third kappa shape index (κ3) is 11.0. The second-order valence-electron chi connectivity index (χ2n) is 45.9. The van der Waals surface area contributed by atoms with Gasteiger partial charge in [0, 0.05) is 126 Å². The van der Waals surface area contributed by atoms with E-state index in [4.69, 9.17) is 0 Å². The molecule has 0 amide bonds. The van der Waals surface area contributed by atoms with Crippen LogP contribution in [0.1, 0.15) is 130 Å². The van der Waals surface area contributed by atoms with E-state index in [2.05, 4.69) is 396 Å². The van der Waals surface area contributed by atoms with Crippen LogP contribution in [0.3, 0.4) is 0 Å². The van der Waals surface area contributed by atoms with E-state index in [1.165, 1.54) is 306 Å². The van der Waals surface area contributed by atoms with E-state index in [1.807, 2.05) is 34.0 Å². The first kappa shape index (κ1) is 81.4. The number of benzene rings is 18. The maximum atomic E-state index is 2.56. The van der Waals surface area contributed by atoms with Crippen molar-refractivity contribution in [2.45, 2.75) is 113 Å². The Morgan fingerprint density at radius 3 is 0.931 bits per heavy atom. The average Bonchev–Trinajstić information content (AvgIpc) is 1.51. The lowest BCUT2D eigenvalue weighted by Crippen LogP contribution is -2.55. The summed E-state index contributed by atoms with van der Waals surface area (Å²) in [4.78, 5) is 0. The predicted molar refractivity (Wildman–Crippen MR) is 607 cm³/mol. The van der Waals surface area contributed by atoms with Gasteiger partial charge in [-0.1, -0.05) is 261 Å². The molecule has 15 aliphatic carbocycles. The minimum absolute atomic E-state index is 0.205. The Balaban J connectivity index is 0.0000000932. The summed E-state index contributed by atoms with van der Waals surface area (Å²) in [6.45, 7) is 0. The van der Waals surface area contributed by atoms with E-state index in [-0.39, 0.29) is 16.2 Å². The van der Waals surface area contributed by atoms with Crippen LogP contribution in [-0.2, 0) is 16.2 Å². The number of hydrogen-bond donors (Lipinski definition) is 0. The molecular weight excluding hydrogens is 1800 g/mol. The van der Waals surface area contributed by atoms with Crippen molar-refractivity contribution in [3.8, 4) is 83.8 Å². The smallest absolute Gasteiger partial charge is 0.0547 e. The standard InChI is InChI=1S/3C46H35NS/c1-4-12-39-34(8-1)37-26-32(17-18-40(37)46(39)30-21-27-20-28(23-30)24-31(46)22-27)47-41-13-5-2-10-36(41)45-33(11-7-14-42(45)47)29-16-19-44-38(25-29)35-9-3-6-15-43(35)48-44;1-4-12-39-34(8-1)38-26-32(17-19-40(38)46(39)30-21-27-20-28(23-30)24-31(46)22-27)47-41-13-5-2-10-37(41)45-33(11-7-14-42(45)47)29-16-18-36-35-9-3-6-15-43(35)48-44(36)25-29;1-4-12-39-34(8-1)37-26-32(17-18-40(37)46(39)30-21-27-20-28(23-30)24-31(46)22-27)47-41-13-5-2-9-35(41)38-25-29(16-19-42(38)47)33-11-7-15-44-45(33)36-10-3-6-14-43(36)48-44/h3*1-19,25-28,30-31H,20-24H2. The minimum Gasteiger partial charge on any atom is -0.309 e. The molecule has 18 aromatic carbocycles. The summed E-state index contributed by atoms with van der Waals surface area (Å²) in [6.07, 6.45) is 21.5. The van der Waals surface area contributed by atoms with E-state index >= 15 is 0 Å². The van der Waals surface area contributed by atoms with Crippen molar-refractivity contribution < 1.29 is 0 Å². The molecule has 0 radical (unpaired) electrons. The molecule has 0 saturated heterocycles. The Kier molecular flexibility index (Phi) is 17.0. The molecule has 39 rings (SSSR count). The second kappa shape index (κ2) is 30.1. The van der Waals surface area contributed by atoms with Gasteiger partial charge >= 0.3 is 0 Å². The van der Waals surface area contributed by atoms with Gasteiger partial charge < -0.3 is 13.7 Å². The van der Waals surface area contributed by atoms with E-state index in [9.17, 15) is 0 Å². The molecule has 6 aromatic heterocycles. The molecule has 6 heteroatoms. The molecule has 3 spiro atoms. The fourth-order valence-corrected chi connectivity index (χ4v) is 38.5. The lowest BCUT2D eigenvalue weighted by molar-refractivity contribution is -0.0399. The van der Waals surface area contributed by atoms with E-state index < -0.39 is 0 Å². The van der Waals surface area contributed by atoms with Crippen LogP contribution in [0.5, 0.6) is 0 Å². The maximum absolute atomic E-state index is 2.56. The molecule has 690 valence electrons. The number of rotatable bonds is 6. The Morgan fingerprint density at radius 1 is 0.167 bits per heavy atom. The molecule has 3 nitrogen and oxygen atoms in total. The fraction of sp³-hybridized carbons (Fsp3) is 0.217. The average molecular weight is 1900 g/mol. The minimum atomic E-state index is 0.205. The van der Waals surface area contributed by atoms with Gasteiger partial charge in [0.15, 0.2) is 0 Å². The van der Waals surface area contributed by atoms with Crippen LogP contribution in [-0.4, -0.2) is 13.7 Å². The van der Waals surface area contributed by atoms with Crippen LogP contribution >= 0.6 is 34.0 Å². The lowest BCUT2D eigenvalue weighted by Gasteiger charge is -2.61. The van der Waals surface area contributed by atoms with E-state index in [0.29, 0.717) is 0 Å². The first-order valence-corrected chi connectivity index (χ1v) is 56.3. The highest BCUT2D eigenvalue weighted by Gasteiger charge is 2.65. The summed E-state index contributed by atoms with van der Waals surface area (Å²) in [5.41, 5.74) is 38.5. The van der Waals surface area contributed by atoms with Gasteiger partial charge in [0.2, 0.25) is 0 Å². The normalized spacial score (nSPS) is 25.2. The van der Waals surface area contributed by atoms with Crippen molar-refractivity contribution in [3.63, 3.8) is 0 Å². The molecule has 0 atom stereocenters. The highest BCUT2D eigenvalue weighted by Crippen LogP contribution is 2.74. The highest BCUT2D eigenvalue weighted by atomic mass is 32.1. The molecule has 12 fully saturated rings. The summed E-state index contributed by atoms with van der Waals surface area (Å²) in [5.74, 6) is 10.5. The third-order valence-corrected chi connectivity index (χ3v) is 43.0. The van der Waals surface area contributed by atoms with Crippen molar-refractivity contribution in [1.29, 1.82) is 0 Å². The molecule has 0 N–H and O–H groups in total. The maximum Gasteiger partial charge on any atom is 0.0547 e. The van der Waals surface area contributed by atoms with Crippen LogP contribution in [0.2, 0.25) is 0 Å². The number of para-hydroxylation sites is 3. The van der Waals surface area contributed by atoms with Crippen molar-refractivity contribution in [2.24, 2.45) is 71.0 Å². The summed E-state index contributed by atoms with van der Waals surface area (Å²) >= 11 is 5.68. The van der Waals surface area contributed by atoms with E-state index in [0.717, 1.165) is 71.0 Å².